The van der Waals surface area contributed by atoms with E-state index in [1.165, 1.54) is 6.66 Å². The molecule has 0 aliphatic carbocycles. The van der Waals surface area contributed by atoms with E-state index in [1.54, 1.807) is 0 Å². The molecule has 0 fully saturated rings. The molecule has 0 amide bonds. The third-order valence-corrected chi connectivity index (χ3v) is 0. The van der Waals surface area contributed by atoms with Crippen LogP contribution >= 0.6 is 8.03 Å². The maximum atomic E-state index is 9.15. The molecule has 0 aliphatic heterocycles. The first kappa shape index (κ1) is 9.41. The van der Waals surface area contributed by atoms with Gasteiger partial charge in [0.25, 0.3) is 0 Å². The van der Waals surface area contributed by atoms with Crippen molar-refractivity contribution in [3.8, 4) is 0 Å². The van der Waals surface area contributed by atoms with Crippen molar-refractivity contribution >= 4 is 8.03 Å². The van der Waals surface area contributed by atoms with Crippen LogP contribution in [0.2, 0.25) is 0 Å². The summed E-state index contributed by atoms with van der Waals surface area (Å²) in [6.45, 7) is 1.23. The van der Waals surface area contributed by atoms with E-state index in [4.69, 9.17) is 9.46 Å². The Kier molecular flexibility index (Phi) is 9.53. The van der Waals surface area contributed by atoms with Crippen molar-refractivity contribution in [2.24, 2.45) is 0 Å². The summed E-state index contributed by atoms with van der Waals surface area (Å²) in [4.78, 5) is 7.56. The molecule has 0 saturated carbocycles. The molecular weight excluding hydrogens is 98.0 g/mol. The summed E-state index contributed by atoms with van der Waals surface area (Å²) in [7, 11) is -1.87. The van der Waals surface area contributed by atoms with Crippen LogP contribution in [0.4, 0.5) is 0 Å². The summed E-state index contributed by atoms with van der Waals surface area (Å²) in [6, 6.07) is 0. The van der Waals surface area contributed by atoms with Gasteiger partial charge in [0, 0.05) is 0 Å². The van der Waals surface area contributed by atoms with E-state index in [0.717, 1.165) is 0 Å². The van der Waals surface area contributed by atoms with Crippen LogP contribution in [-0.4, -0.2) is 11.6 Å². The van der Waals surface area contributed by atoms with Crippen LogP contribution < -0.4 is 29.6 Å². The van der Waals surface area contributed by atoms with Gasteiger partial charge in [-0.1, -0.05) is 0 Å². The van der Waals surface area contributed by atoms with Crippen LogP contribution in [0.15, 0.2) is 0 Å². The zero-order valence-corrected chi connectivity index (χ0v) is 6.20. The predicted molar refractivity (Wildman–Crippen MR) is 16.9 cm³/mol. The maximum absolute atomic E-state index is 9.15. The predicted octanol–water partition coefficient (Wildman–Crippen LogP) is -2.53. The largest absolute Gasteiger partial charge is 1.00 e. The maximum Gasteiger partial charge on any atom is 1.00 e. The van der Waals surface area contributed by atoms with Gasteiger partial charge in [0.2, 0.25) is 0 Å². The average molecular weight is 103 g/mol. The van der Waals surface area contributed by atoms with Gasteiger partial charge in [-0.25, -0.2) is 0 Å². The Morgan fingerprint density at radius 3 is 2.00 bits per heavy atom. The molecule has 0 radical (unpaired) electrons. The summed E-state index contributed by atoms with van der Waals surface area (Å²) < 4.78 is 9.15. The summed E-state index contributed by atoms with van der Waals surface area (Å²) in [5.74, 6) is 0. The van der Waals surface area contributed by atoms with Crippen LogP contribution in [-0.2, 0) is 4.57 Å². The van der Waals surface area contributed by atoms with Crippen LogP contribution in [0.25, 0.3) is 0 Å². The quantitative estimate of drug-likeness (QED) is 0.271. The monoisotopic (exact) mass is 103 g/mol. The van der Waals surface area contributed by atoms with Crippen molar-refractivity contribution in [1.82, 2.24) is 0 Å². The molecule has 4 heteroatoms. The second-order valence-electron chi connectivity index (χ2n) is 0.464. The average Bonchev–Trinajstić information content (AvgIpc) is 0.811. The molecule has 2 nitrogen and oxygen atoms in total. The van der Waals surface area contributed by atoms with E-state index >= 15 is 0 Å². The van der Waals surface area contributed by atoms with Crippen LogP contribution in [0.3, 0.4) is 0 Å². The van der Waals surface area contributed by atoms with Gasteiger partial charge in [-0.2, -0.15) is 4.89 Å². The molecule has 0 aliphatic rings. The zero-order valence-electron chi connectivity index (χ0n) is 4.30. The molecule has 0 bridgehead atoms. The molecule has 5 heavy (non-hydrogen) atoms. The fourth-order valence-electron chi connectivity index (χ4n) is 0. The van der Waals surface area contributed by atoms with E-state index in [9.17, 15) is 0 Å². The second-order valence-corrected chi connectivity index (χ2v) is 1.39. The third-order valence-electron chi connectivity index (χ3n) is 0. The molecule has 0 heterocycles. The zero-order chi connectivity index (χ0) is 3.58. The standard InChI is InChI=1S/CH3O2P.Na.H/c1-4(2)3;;/h1H3;;/q;+1;-1/p+1. The van der Waals surface area contributed by atoms with Crippen molar-refractivity contribution in [2.75, 3.05) is 6.66 Å². The van der Waals surface area contributed by atoms with Crippen molar-refractivity contribution < 1.29 is 40.4 Å². The van der Waals surface area contributed by atoms with E-state index in [-0.39, 0.29) is 31.0 Å². The van der Waals surface area contributed by atoms with Gasteiger partial charge < -0.3 is 1.43 Å². The molecule has 0 aromatic heterocycles. The second kappa shape index (κ2) is 5.06. The normalized spacial score (nSPS) is 8.80. The summed E-state index contributed by atoms with van der Waals surface area (Å²) >= 11 is 0. The first-order chi connectivity index (χ1) is 1.73. The Morgan fingerprint density at radius 2 is 2.00 bits per heavy atom. The van der Waals surface area contributed by atoms with E-state index < -0.39 is 8.03 Å². The minimum atomic E-state index is -1.87. The van der Waals surface area contributed by atoms with Crippen molar-refractivity contribution in [1.29, 1.82) is 0 Å². The molecule has 0 spiro atoms. The van der Waals surface area contributed by atoms with E-state index in [2.05, 4.69) is 0 Å². The Bertz CT molecular complexity index is 36.5. The molecule has 1 unspecified atom stereocenters. The Hall–Kier alpha value is 1.06. The first-order valence-electron chi connectivity index (χ1n) is 0.830. The third kappa shape index (κ3) is 42.2. The van der Waals surface area contributed by atoms with Gasteiger partial charge in [0.15, 0.2) is 6.66 Å². The molecule has 1 N–H and O–H groups in total. The van der Waals surface area contributed by atoms with E-state index in [0.29, 0.717) is 0 Å². The summed E-state index contributed by atoms with van der Waals surface area (Å²) in [5.41, 5.74) is 0. The fourth-order valence-corrected chi connectivity index (χ4v) is 0. The SMILES string of the molecule is C[P+](=O)O.[H-].[Na+]. The fraction of sp³-hybridized carbons (Fsp3) is 1.00. The smallest absolute Gasteiger partial charge is 1.00 e. The van der Waals surface area contributed by atoms with Crippen molar-refractivity contribution in [3.63, 3.8) is 0 Å². The Balaban J connectivity index is -0.0000000450. The minimum Gasteiger partial charge on any atom is -1.00 e. The number of hydrogen-bond acceptors (Lipinski definition) is 1. The van der Waals surface area contributed by atoms with Gasteiger partial charge in [0.1, 0.15) is 0 Å². The van der Waals surface area contributed by atoms with Crippen molar-refractivity contribution in [3.05, 3.63) is 0 Å². The number of rotatable bonds is 0. The Labute approximate surface area is 55.2 Å². The molecule has 1 atom stereocenters. The molecular formula is CH5NaO2P+. The number of hydrogen-bond donors (Lipinski definition) is 1. The van der Waals surface area contributed by atoms with E-state index in [1.807, 2.05) is 0 Å². The van der Waals surface area contributed by atoms with Gasteiger partial charge in [-0.05, 0) is 4.57 Å². The molecule has 0 aromatic carbocycles. The first-order valence-corrected chi connectivity index (χ1v) is 2.49. The molecule has 0 rings (SSSR count). The van der Waals surface area contributed by atoms with Gasteiger partial charge in [-0.3, -0.25) is 0 Å². The van der Waals surface area contributed by atoms with Crippen LogP contribution in [0, 0.1) is 0 Å². The summed E-state index contributed by atoms with van der Waals surface area (Å²) in [6.07, 6.45) is 0. The van der Waals surface area contributed by atoms with Crippen LogP contribution in [0.5, 0.6) is 0 Å². The summed E-state index contributed by atoms with van der Waals surface area (Å²) in [5, 5.41) is 0. The Morgan fingerprint density at radius 1 is 2.00 bits per heavy atom. The molecule has 0 saturated heterocycles. The molecule has 26 valence electrons. The van der Waals surface area contributed by atoms with Gasteiger partial charge in [0.05, 0.1) is 0 Å². The van der Waals surface area contributed by atoms with Crippen molar-refractivity contribution in [2.45, 2.75) is 0 Å². The van der Waals surface area contributed by atoms with Gasteiger partial charge in [-0.15, -0.1) is 0 Å². The topological polar surface area (TPSA) is 37.3 Å². The van der Waals surface area contributed by atoms with Gasteiger partial charge >= 0.3 is 37.6 Å². The minimum absolute atomic E-state index is 0. The van der Waals surface area contributed by atoms with Crippen LogP contribution in [0.1, 0.15) is 1.43 Å². The molecule has 0 aromatic rings.